The van der Waals surface area contributed by atoms with Crippen molar-refractivity contribution in [1.29, 1.82) is 0 Å². The van der Waals surface area contributed by atoms with Gasteiger partial charge in [0.15, 0.2) is 0 Å². The fourth-order valence-electron chi connectivity index (χ4n) is 3.80. The maximum atomic E-state index is 13.2. The summed E-state index contributed by atoms with van der Waals surface area (Å²) in [6.07, 6.45) is 0. The maximum absolute atomic E-state index is 13.2. The number of fused-ring (bicyclic) bond motifs is 1. The molecule has 2 aromatic carbocycles. The van der Waals surface area contributed by atoms with Crippen LogP contribution in [0.1, 0.15) is 6.92 Å². The first kappa shape index (κ1) is 23.7. The number of hydrogen-bond acceptors (Lipinski definition) is 6. The van der Waals surface area contributed by atoms with Crippen molar-refractivity contribution in [1.82, 2.24) is 4.31 Å². The Bertz CT molecular complexity index is 1130. The number of para-hydroxylation sites is 1. The number of anilines is 2. The predicted octanol–water partition coefficient (Wildman–Crippen LogP) is 2.45. The van der Waals surface area contributed by atoms with Crippen LogP contribution in [-0.4, -0.2) is 70.2 Å². The van der Waals surface area contributed by atoms with Crippen molar-refractivity contribution < 1.29 is 22.7 Å². The second kappa shape index (κ2) is 9.84. The van der Waals surface area contributed by atoms with Gasteiger partial charge in [0.1, 0.15) is 6.54 Å². The lowest BCUT2D eigenvalue weighted by Crippen LogP contribution is -2.44. The summed E-state index contributed by atoms with van der Waals surface area (Å²) in [5.41, 5.74) is 1.18. The lowest BCUT2D eigenvalue weighted by Gasteiger charge is -2.28. The van der Waals surface area contributed by atoms with Crippen molar-refractivity contribution in [3.05, 3.63) is 48.5 Å². The summed E-state index contributed by atoms with van der Waals surface area (Å²) < 4.78 is 33.1. The van der Waals surface area contributed by atoms with E-state index >= 15 is 0 Å². The summed E-state index contributed by atoms with van der Waals surface area (Å²) in [5.74, 6) is -0.213. The van der Waals surface area contributed by atoms with Gasteiger partial charge in [0.05, 0.1) is 23.8 Å². The molecule has 0 N–H and O–H groups in total. The summed E-state index contributed by atoms with van der Waals surface area (Å²) >= 11 is 1.50. The minimum Gasteiger partial charge on any atom is -0.379 e. The predicted molar refractivity (Wildman–Crippen MR) is 128 cm³/mol. The largest absolute Gasteiger partial charge is 0.379 e. The van der Waals surface area contributed by atoms with E-state index in [-0.39, 0.29) is 42.3 Å². The van der Waals surface area contributed by atoms with Crippen LogP contribution < -0.4 is 9.80 Å². The number of rotatable bonds is 5. The first-order valence-electron chi connectivity index (χ1n) is 10.8. The topological polar surface area (TPSA) is 87.2 Å². The fourth-order valence-corrected chi connectivity index (χ4v) is 6.28. The molecule has 1 fully saturated rings. The van der Waals surface area contributed by atoms with Gasteiger partial charge in [-0.15, -0.1) is 11.8 Å². The smallest absolute Gasteiger partial charge is 0.246 e. The van der Waals surface area contributed by atoms with Crippen LogP contribution in [0.5, 0.6) is 0 Å². The van der Waals surface area contributed by atoms with E-state index in [1.807, 2.05) is 37.3 Å². The number of benzene rings is 2. The van der Waals surface area contributed by atoms with Crippen LogP contribution in [0.25, 0.3) is 0 Å². The van der Waals surface area contributed by atoms with Crippen LogP contribution in [0.15, 0.2) is 58.3 Å². The third kappa shape index (κ3) is 4.93. The molecule has 8 nitrogen and oxygen atoms in total. The Morgan fingerprint density at radius 1 is 1.15 bits per heavy atom. The Balaban J connectivity index is 1.68. The zero-order valence-electron chi connectivity index (χ0n) is 18.6. The standard InChI is InChI=1S/C23H27N3O5S2/c1-17-16-32-21-9-8-19(33(29,30)25-10-12-31-13-11-25)14-20(21)26(23(17)28)15-22(27)24(2)18-6-4-3-5-7-18/h3-9,14,17H,10-13,15-16H2,1-2H3/t17-/m1/s1. The van der Waals surface area contributed by atoms with E-state index in [0.717, 1.165) is 10.6 Å². The molecule has 2 aromatic rings. The van der Waals surface area contributed by atoms with Crippen molar-refractivity contribution in [2.45, 2.75) is 16.7 Å². The van der Waals surface area contributed by atoms with Crippen molar-refractivity contribution in [2.24, 2.45) is 5.92 Å². The zero-order valence-corrected chi connectivity index (χ0v) is 20.3. The monoisotopic (exact) mass is 489 g/mol. The van der Waals surface area contributed by atoms with Crippen molar-refractivity contribution in [3.8, 4) is 0 Å². The minimum absolute atomic E-state index is 0.111. The molecule has 1 atom stereocenters. The molecule has 2 amide bonds. The molecule has 10 heteroatoms. The molecule has 0 radical (unpaired) electrons. The molecule has 0 saturated carbocycles. The number of nitrogens with zero attached hydrogens (tertiary/aromatic N) is 3. The van der Waals surface area contributed by atoms with Crippen LogP contribution in [0.2, 0.25) is 0 Å². The number of sulfonamides is 1. The van der Waals surface area contributed by atoms with Gasteiger partial charge in [0, 0.05) is 42.4 Å². The summed E-state index contributed by atoms with van der Waals surface area (Å²) in [4.78, 5) is 30.2. The number of ether oxygens (including phenoxy) is 1. The molecule has 33 heavy (non-hydrogen) atoms. The van der Waals surface area contributed by atoms with Gasteiger partial charge >= 0.3 is 0 Å². The van der Waals surface area contributed by atoms with Crippen molar-refractivity contribution in [2.75, 3.05) is 55.4 Å². The molecule has 2 aliphatic heterocycles. The number of amides is 2. The SMILES string of the molecule is C[C@@H]1CSc2ccc(S(=O)(=O)N3CCOCC3)cc2N(CC(=O)N(C)c2ccccc2)C1=O. The first-order valence-corrected chi connectivity index (χ1v) is 13.2. The number of hydrogen-bond donors (Lipinski definition) is 0. The van der Waals surface area contributed by atoms with Crippen LogP contribution >= 0.6 is 11.8 Å². The Kier molecular flexibility index (Phi) is 7.08. The Morgan fingerprint density at radius 3 is 2.55 bits per heavy atom. The highest BCUT2D eigenvalue weighted by atomic mass is 32.2. The maximum Gasteiger partial charge on any atom is 0.246 e. The number of thioether (sulfide) groups is 1. The molecule has 0 bridgehead atoms. The molecule has 4 rings (SSSR count). The Labute approximate surface area is 198 Å². The van der Waals surface area contributed by atoms with Gasteiger partial charge in [-0.1, -0.05) is 25.1 Å². The highest BCUT2D eigenvalue weighted by Crippen LogP contribution is 2.38. The quantitative estimate of drug-likeness (QED) is 0.641. The van der Waals surface area contributed by atoms with Gasteiger partial charge in [-0.25, -0.2) is 8.42 Å². The van der Waals surface area contributed by atoms with Crippen molar-refractivity contribution >= 4 is 45.0 Å². The lowest BCUT2D eigenvalue weighted by atomic mass is 10.1. The van der Waals surface area contributed by atoms with Crippen molar-refractivity contribution in [3.63, 3.8) is 0 Å². The van der Waals surface area contributed by atoms with Gasteiger partial charge in [-0.2, -0.15) is 4.31 Å². The van der Waals surface area contributed by atoms with Crippen LogP contribution in [-0.2, 0) is 24.3 Å². The second-order valence-electron chi connectivity index (χ2n) is 8.07. The van der Waals surface area contributed by atoms with E-state index < -0.39 is 10.0 Å². The van der Waals surface area contributed by atoms with E-state index in [2.05, 4.69) is 0 Å². The lowest BCUT2D eigenvalue weighted by molar-refractivity contribution is -0.124. The molecule has 1 saturated heterocycles. The van der Waals surface area contributed by atoms with Gasteiger partial charge in [0.2, 0.25) is 21.8 Å². The molecule has 0 unspecified atom stereocenters. The van der Waals surface area contributed by atoms with E-state index in [4.69, 9.17) is 4.74 Å². The number of likely N-dealkylation sites (N-methyl/N-ethyl adjacent to an activating group) is 1. The summed E-state index contributed by atoms with van der Waals surface area (Å²) in [6.45, 7) is 2.92. The molecule has 0 aromatic heterocycles. The van der Waals surface area contributed by atoms with E-state index in [1.54, 1.807) is 19.2 Å². The third-order valence-electron chi connectivity index (χ3n) is 5.82. The Morgan fingerprint density at radius 2 is 1.85 bits per heavy atom. The number of morpholine rings is 1. The number of carbonyl (C=O) groups is 2. The van der Waals surface area contributed by atoms with E-state index in [0.29, 0.717) is 24.7 Å². The molecule has 0 spiro atoms. The van der Waals surface area contributed by atoms with Gasteiger partial charge in [0.25, 0.3) is 0 Å². The average Bonchev–Trinajstić information content (AvgIpc) is 2.96. The molecule has 2 heterocycles. The number of carbonyl (C=O) groups excluding carboxylic acids is 2. The van der Waals surface area contributed by atoms with E-state index in [9.17, 15) is 18.0 Å². The van der Waals surface area contributed by atoms with Crippen LogP contribution in [0.4, 0.5) is 11.4 Å². The fraction of sp³-hybridized carbons (Fsp3) is 0.391. The Hall–Kier alpha value is -2.40. The molecule has 176 valence electrons. The summed E-state index contributed by atoms with van der Waals surface area (Å²) in [6, 6.07) is 14.0. The molecule has 0 aliphatic carbocycles. The van der Waals surface area contributed by atoms with Gasteiger partial charge < -0.3 is 14.5 Å². The molecular weight excluding hydrogens is 462 g/mol. The highest BCUT2D eigenvalue weighted by molar-refractivity contribution is 7.99. The van der Waals surface area contributed by atoms with Gasteiger partial charge in [-0.05, 0) is 30.3 Å². The normalized spacial score (nSPS) is 19.6. The molecular formula is C23H27N3O5S2. The van der Waals surface area contributed by atoms with Crippen LogP contribution in [0, 0.1) is 5.92 Å². The highest BCUT2D eigenvalue weighted by Gasteiger charge is 2.33. The van der Waals surface area contributed by atoms with Gasteiger partial charge in [-0.3, -0.25) is 9.59 Å². The van der Waals surface area contributed by atoms with Crippen LogP contribution in [0.3, 0.4) is 0 Å². The minimum atomic E-state index is -3.74. The zero-order chi connectivity index (χ0) is 23.6. The summed E-state index contributed by atoms with van der Waals surface area (Å²) in [7, 11) is -2.07. The van der Waals surface area contributed by atoms with E-state index in [1.165, 1.54) is 31.9 Å². The third-order valence-corrected chi connectivity index (χ3v) is 9.03. The molecule has 2 aliphatic rings. The first-order chi connectivity index (χ1) is 15.8. The average molecular weight is 490 g/mol. The summed E-state index contributed by atoms with van der Waals surface area (Å²) in [5, 5.41) is 0. The second-order valence-corrected chi connectivity index (χ2v) is 11.1.